The molecule has 170 valence electrons. The van der Waals surface area contributed by atoms with Crippen LogP contribution in [0.1, 0.15) is 22.8 Å². The number of benzene rings is 1. The van der Waals surface area contributed by atoms with Crippen LogP contribution in [0, 0.1) is 6.92 Å². The highest BCUT2D eigenvalue weighted by Crippen LogP contribution is 2.38. The van der Waals surface area contributed by atoms with Crippen LogP contribution in [-0.2, 0) is 16.1 Å². The van der Waals surface area contributed by atoms with Crippen molar-refractivity contribution >= 4 is 21.6 Å². The summed E-state index contributed by atoms with van der Waals surface area (Å²) in [5.74, 6) is 0.332. The number of aryl methyl sites for hydroxylation is 1. The minimum Gasteiger partial charge on any atom is -0.387 e. The maximum Gasteiger partial charge on any atom is 0.269 e. The lowest BCUT2D eigenvalue weighted by Gasteiger charge is -2.15. The molecule has 4 atom stereocenters. The third-order valence-corrected chi connectivity index (χ3v) is 6.69. The SMILES string of the molecule is Cc1ccc(COC[C@H]2O[C@@H](c3csc4c(=O)[nH]c(-c5ccccn5)nc34)[C@H](O)[C@@H]2O)cc1. The number of nitrogens with one attached hydrogen (secondary N) is 1. The van der Waals surface area contributed by atoms with Crippen molar-refractivity contribution in [1.82, 2.24) is 15.0 Å². The van der Waals surface area contributed by atoms with Gasteiger partial charge in [-0.15, -0.1) is 11.3 Å². The Morgan fingerprint density at radius 1 is 1.15 bits per heavy atom. The average molecular weight is 466 g/mol. The number of aromatic amines is 1. The molecule has 0 unspecified atom stereocenters. The zero-order valence-corrected chi connectivity index (χ0v) is 18.7. The van der Waals surface area contributed by atoms with E-state index in [0.717, 1.165) is 5.56 Å². The molecule has 0 aliphatic carbocycles. The third kappa shape index (κ3) is 4.33. The van der Waals surface area contributed by atoms with Crippen LogP contribution in [0.4, 0.5) is 0 Å². The number of aliphatic hydroxyl groups excluding tert-OH is 2. The van der Waals surface area contributed by atoms with E-state index in [-0.39, 0.29) is 12.2 Å². The number of hydrogen-bond acceptors (Lipinski definition) is 8. The molecule has 1 fully saturated rings. The molecular weight excluding hydrogens is 442 g/mol. The first-order chi connectivity index (χ1) is 16.0. The summed E-state index contributed by atoms with van der Waals surface area (Å²) >= 11 is 1.22. The highest BCUT2D eigenvalue weighted by atomic mass is 32.1. The van der Waals surface area contributed by atoms with Crippen LogP contribution in [0.15, 0.2) is 58.8 Å². The number of ether oxygens (including phenoxy) is 2. The summed E-state index contributed by atoms with van der Waals surface area (Å²) in [6.07, 6.45) is -2.21. The molecule has 1 saturated heterocycles. The second-order valence-corrected chi connectivity index (χ2v) is 8.95. The van der Waals surface area contributed by atoms with Gasteiger partial charge in [0.15, 0.2) is 5.82 Å². The van der Waals surface area contributed by atoms with E-state index < -0.39 is 24.4 Å². The van der Waals surface area contributed by atoms with Gasteiger partial charge in [0.1, 0.15) is 34.8 Å². The molecular formula is C24H23N3O5S. The molecule has 1 aliphatic heterocycles. The van der Waals surface area contributed by atoms with Gasteiger partial charge >= 0.3 is 0 Å². The predicted octanol–water partition coefficient (Wildman–Crippen LogP) is 2.73. The molecule has 0 saturated carbocycles. The fraction of sp³-hybridized carbons (Fsp3) is 0.292. The molecule has 3 N–H and O–H groups in total. The third-order valence-electron chi connectivity index (χ3n) is 5.70. The van der Waals surface area contributed by atoms with Gasteiger partial charge in [0.05, 0.1) is 18.7 Å². The van der Waals surface area contributed by atoms with Crippen molar-refractivity contribution in [2.24, 2.45) is 0 Å². The van der Waals surface area contributed by atoms with Gasteiger partial charge in [0.2, 0.25) is 0 Å². The number of aliphatic hydroxyl groups is 2. The Bertz CT molecular complexity index is 1310. The Morgan fingerprint density at radius 2 is 1.97 bits per heavy atom. The van der Waals surface area contributed by atoms with Crippen LogP contribution >= 0.6 is 11.3 Å². The van der Waals surface area contributed by atoms with Gasteiger partial charge in [-0.3, -0.25) is 9.78 Å². The zero-order chi connectivity index (χ0) is 22.9. The summed E-state index contributed by atoms with van der Waals surface area (Å²) in [6.45, 7) is 2.52. The summed E-state index contributed by atoms with van der Waals surface area (Å²) < 4.78 is 12.2. The van der Waals surface area contributed by atoms with E-state index >= 15 is 0 Å². The first-order valence-corrected chi connectivity index (χ1v) is 11.5. The van der Waals surface area contributed by atoms with E-state index in [9.17, 15) is 15.0 Å². The molecule has 5 rings (SSSR count). The topological polar surface area (TPSA) is 118 Å². The van der Waals surface area contributed by atoms with Crippen molar-refractivity contribution in [2.45, 2.75) is 37.9 Å². The summed E-state index contributed by atoms with van der Waals surface area (Å²) in [5, 5.41) is 23.0. The van der Waals surface area contributed by atoms with Crippen molar-refractivity contribution in [3.05, 3.63) is 81.1 Å². The second-order valence-electron chi connectivity index (χ2n) is 8.08. The Hall–Kier alpha value is -2.95. The van der Waals surface area contributed by atoms with Gasteiger partial charge in [0, 0.05) is 11.8 Å². The number of nitrogens with zero attached hydrogens (tertiary/aromatic N) is 2. The molecule has 4 heterocycles. The lowest BCUT2D eigenvalue weighted by atomic mass is 10.0. The number of H-pyrrole nitrogens is 1. The van der Waals surface area contributed by atoms with Gasteiger partial charge in [0.25, 0.3) is 5.56 Å². The van der Waals surface area contributed by atoms with Crippen LogP contribution in [0.2, 0.25) is 0 Å². The Balaban J connectivity index is 1.36. The van der Waals surface area contributed by atoms with E-state index in [1.165, 1.54) is 16.9 Å². The quantitative estimate of drug-likeness (QED) is 0.401. The fourth-order valence-corrected chi connectivity index (χ4v) is 4.82. The number of rotatable bonds is 6. The first-order valence-electron chi connectivity index (χ1n) is 10.6. The molecule has 33 heavy (non-hydrogen) atoms. The van der Waals surface area contributed by atoms with Gasteiger partial charge < -0.3 is 24.7 Å². The Kier molecular flexibility index (Phi) is 6.05. The molecule has 8 nitrogen and oxygen atoms in total. The van der Waals surface area contributed by atoms with E-state index in [4.69, 9.17) is 9.47 Å². The minimum atomic E-state index is -1.17. The lowest BCUT2D eigenvalue weighted by Crippen LogP contribution is -2.33. The van der Waals surface area contributed by atoms with Crippen molar-refractivity contribution in [1.29, 1.82) is 0 Å². The van der Waals surface area contributed by atoms with Gasteiger partial charge in [-0.1, -0.05) is 35.9 Å². The lowest BCUT2D eigenvalue weighted by molar-refractivity contribution is -0.0486. The zero-order valence-electron chi connectivity index (χ0n) is 17.8. The summed E-state index contributed by atoms with van der Waals surface area (Å²) in [4.78, 5) is 24.2. The van der Waals surface area contributed by atoms with Gasteiger partial charge in [-0.25, -0.2) is 4.98 Å². The Labute approximate surface area is 193 Å². The molecule has 0 bridgehead atoms. The van der Waals surface area contributed by atoms with Gasteiger partial charge in [-0.2, -0.15) is 0 Å². The number of pyridine rings is 1. The molecule has 0 amide bonds. The predicted molar refractivity (Wildman–Crippen MR) is 124 cm³/mol. The number of fused-ring (bicyclic) bond motifs is 1. The molecule has 4 aromatic rings. The highest BCUT2D eigenvalue weighted by molar-refractivity contribution is 7.17. The first kappa shape index (κ1) is 21.9. The van der Waals surface area contributed by atoms with E-state index in [0.29, 0.717) is 33.9 Å². The van der Waals surface area contributed by atoms with E-state index in [2.05, 4.69) is 15.0 Å². The molecule has 1 aromatic carbocycles. The Morgan fingerprint density at radius 3 is 2.73 bits per heavy atom. The van der Waals surface area contributed by atoms with E-state index in [1.807, 2.05) is 37.3 Å². The average Bonchev–Trinajstić information content (AvgIpc) is 3.37. The molecule has 1 aliphatic rings. The fourth-order valence-electron chi connectivity index (χ4n) is 3.89. The van der Waals surface area contributed by atoms with Crippen molar-refractivity contribution in [3.8, 4) is 11.5 Å². The van der Waals surface area contributed by atoms with E-state index in [1.54, 1.807) is 23.7 Å². The van der Waals surface area contributed by atoms with Crippen molar-refractivity contribution in [3.63, 3.8) is 0 Å². The molecule has 9 heteroatoms. The molecule has 0 spiro atoms. The number of hydrogen-bond donors (Lipinski definition) is 3. The largest absolute Gasteiger partial charge is 0.387 e. The van der Waals surface area contributed by atoms with Crippen molar-refractivity contribution < 1.29 is 19.7 Å². The summed E-state index contributed by atoms with van der Waals surface area (Å²) in [6, 6.07) is 13.3. The minimum absolute atomic E-state index is 0.123. The van der Waals surface area contributed by atoms with Crippen LogP contribution in [0.3, 0.4) is 0 Å². The highest BCUT2D eigenvalue weighted by Gasteiger charge is 2.44. The summed E-state index contributed by atoms with van der Waals surface area (Å²) in [7, 11) is 0. The standard InChI is InChI=1S/C24H23N3O5S/c1-13-5-7-14(8-6-13)10-31-11-17-19(28)20(29)21(32-17)15-12-33-22-18(15)26-23(27-24(22)30)16-4-2-3-9-25-16/h2-9,12,17,19-21,28-29H,10-11H2,1H3,(H,26,27,30)/t17-,19-,20-,21+/m1/s1. The van der Waals surface area contributed by atoms with Crippen LogP contribution < -0.4 is 5.56 Å². The normalized spacial score (nSPS) is 22.8. The van der Waals surface area contributed by atoms with Gasteiger partial charge in [-0.05, 0) is 30.0 Å². The molecule has 3 aromatic heterocycles. The smallest absolute Gasteiger partial charge is 0.269 e. The second kappa shape index (κ2) is 9.12. The maximum absolute atomic E-state index is 12.6. The molecule has 0 radical (unpaired) electrons. The number of aromatic nitrogens is 3. The summed E-state index contributed by atoms with van der Waals surface area (Å²) in [5.41, 5.74) is 3.42. The van der Waals surface area contributed by atoms with Crippen molar-refractivity contribution in [2.75, 3.05) is 6.61 Å². The maximum atomic E-state index is 12.6. The van der Waals surface area contributed by atoms with Crippen LogP contribution in [0.25, 0.3) is 21.7 Å². The van der Waals surface area contributed by atoms with Crippen LogP contribution in [-0.4, -0.2) is 50.1 Å². The number of thiophene rings is 1. The monoisotopic (exact) mass is 465 g/mol. The van der Waals surface area contributed by atoms with Crippen LogP contribution in [0.5, 0.6) is 0 Å².